The maximum Gasteiger partial charge on any atom is 0.191 e. The normalized spacial score (nSPS) is 13.1. The lowest BCUT2D eigenvalue weighted by molar-refractivity contribution is 0.297. The van der Waals surface area contributed by atoms with Crippen molar-refractivity contribution in [2.24, 2.45) is 4.99 Å². The third-order valence-corrected chi connectivity index (χ3v) is 3.31. The fraction of sp³-hybridized carbons (Fsp3) is 0.929. The first-order valence-corrected chi connectivity index (χ1v) is 7.37. The number of aliphatic imine (C=N–C) groups is 1. The summed E-state index contributed by atoms with van der Waals surface area (Å²) < 4.78 is 0. The van der Waals surface area contributed by atoms with Crippen LogP contribution in [0.3, 0.4) is 0 Å². The third-order valence-electron chi connectivity index (χ3n) is 3.31. The van der Waals surface area contributed by atoms with Gasteiger partial charge in [-0.2, -0.15) is 0 Å². The molecule has 0 aliphatic rings. The van der Waals surface area contributed by atoms with E-state index in [-0.39, 0.29) is 24.0 Å². The van der Waals surface area contributed by atoms with Crippen molar-refractivity contribution in [2.75, 3.05) is 33.2 Å². The highest BCUT2D eigenvalue weighted by Crippen LogP contribution is 1.94. The van der Waals surface area contributed by atoms with Crippen LogP contribution in [0.25, 0.3) is 0 Å². The summed E-state index contributed by atoms with van der Waals surface area (Å²) in [5.74, 6) is 0.923. The Kier molecular flexibility index (Phi) is 16.1. The van der Waals surface area contributed by atoms with Gasteiger partial charge in [-0.15, -0.1) is 24.0 Å². The van der Waals surface area contributed by atoms with Crippen molar-refractivity contribution < 1.29 is 0 Å². The van der Waals surface area contributed by atoms with Crippen LogP contribution in [0.2, 0.25) is 0 Å². The quantitative estimate of drug-likeness (QED) is 0.278. The third kappa shape index (κ3) is 11.5. The van der Waals surface area contributed by atoms with Gasteiger partial charge in [0.05, 0.1) is 0 Å². The molecule has 0 rings (SSSR count). The number of halogens is 1. The lowest BCUT2D eigenvalue weighted by Gasteiger charge is -2.18. The fourth-order valence-electron chi connectivity index (χ4n) is 1.74. The number of unbranched alkanes of at least 4 members (excludes halogenated alkanes) is 1. The lowest BCUT2D eigenvalue weighted by Crippen LogP contribution is -2.42. The van der Waals surface area contributed by atoms with E-state index in [2.05, 4.69) is 48.2 Å². The second-order valence-corrected chi connectivity index (χ2v) is 4.69. The Balaban J connectivity index is 0. The van der Waals surface area contributed by atoms with Crippen molar-refractivity contribution in [1.29, 1.82) is 0 Å². The zero-order valence-corrected chi connectivity index (χ0v) is 15.7. The summed E-state index contributed by atoms with van der Waals surface area (Å²) in [5, 5.41) is 6.73. The van der Waals surface area contributed by atoms with E-state index in [9.17, 15) is 0 Å². The van der Waals surface area contributed by atoms with Crippen LogP contribution in [-0.4, -0.2) is 50.1 Å². The highest BCUT2D eigenvalue weighted by molar-refractivity contribution is 14.0. The van der Waals surface area contributed by atoms with Crippen molar-refractivity contribution in [3.8, 4) is 0 Å². The number of guanidine groups is 1. The molecule has 5 heteroatoms. The molecule has 0 saturated heterocycles. The van der Waals surface area contributed by atoms with Crippen LogP contribution in [0.1, 0.15) is 47.0 Å². The molecular weight excluding hydrogens is 351 g/mol. The molecule has 0 aromatic carbocycles. The van der Waals surface area contributed by atoms with Gasteiger partial charge in [0.15, 0.2) is 5.96 Å². The largest absolute Gasteiger partial charge is 0.356 e. The molecule has 19 heavy (non-hydrogen) atoms. The highest BCUT2D eigenvalue weighted by atomic mass is 127. The van der Waals surface area contributed by atoms with Crippen LogP contribution in [0.15, 0.2) is 4.99 Å². The molecule has 0 aliphatic heterocycles. The fourth-order valence-corrected chi connectivity index (χ4v) is 1.74. The van der Waals surface area contributed by atoms with Crippen LogP contribution in [0, 0.1) is 0 Å². The van der Waals surface area contributed by atoms with E-state index in [1.54, 1.807) is 0 Å². The van der Waals surface area contributed by atoms with E-state index in [1.807, 2.05) is 7.05 Å². The Morgan fingerprint density at radius 1 is 1.16 bits per heavy atom. The molecule has 0 aromatic heterocycles. The first-order chi connectivity index (χ1) is 8.67. The van der Waals surface area contributed by atoms with Crippen molar-refractivity contribution in [3.05, 3.63) is 0 Å². The monoisotopic (exact) mass is 384 g/mol. The molecule has 0 radical (unpaired) electrons. The number of hydrogen-bond acceptors (Lipinski definition) is 2. The van der Waals surface area contributed by atoms with Gasteiger partial charge in [-0.3, -0.25) is 4.99 Å². The van der Waals surface area contributed by atoms with Crippen LogP contribution in [0.5, 0.6) is 0 Å². The predicted molar refractivity (Wildman–Crippen MR) is 96.7 cm³/mol. The van der Waals surface area contributed by atoms with E-state index in [1.165, 1.54) is 19.4 Å². The SMILES string of the molecule is CCC(C)NC(=NC)NCCCCN(CC)CC.I. The minimum absolute atomic E-state index is 0. The van der Waals surface area contributed by atoms with E-state index >= 15 is 0 Å². The highest BCUT2D eigenvalue weighted by Gasteiger charge is 2.02. The number of nitrogens with zero attached hydrogens (tertiary/aromatic N) is 2. The van der Waals surface area contributed by atoms with Gasteiger partial charge in [0, 0.05) is 19.6 Å². The van der Waals surface area contributed by atoms with Gasteiger partial charge in [0.1, 0.15) is 0 Å². The predicted octanol–water partition coefficient (Wildman–Crippen LogP) is 2.69. The van der Waals surface area contributed by atoms with Gasteiger partial charge < -0.3 is 15.5 Å². The zero-order valence-electron chi connectivity index (χ0n) is 13.3. The molecule has 1 atom stereocenters. The smallest absolute Gasteiger partial charge is 0.191 e. The van der Waals surface area contributed by atoms with Gasteiger partial charge in [0.2, 0.25) is 0 Å². The van der Waals surface area contributed by atoms with Crippen molar-refractivity contribution >= 4 is 29.9 Å². The molecule has 1 unspecified atom stereocenters. The molecule has 116 valence electrons. The van der Waals surface area contributed by atoms with Crippen molar-refractivity contribution in [1.82, 2.24) is 15.5 Å². The first-order valence-electron chi connectivity index (χ1n) is 7.37. The summed E-state index contributed by atoms with van der Waals surface area (Å²) in [5.41, 5.74) is 0. The van der Waals surface area contributed by atoms with E-state index in [4.69, 9.17) is 0 Å². The molecule has 0 bridgehead atoms. The van der Waals surface area contributed by atoms with E-state index < -0.39 is 0 Å². The average Bonchev–Trinajstić information content (AvgIpc) is 2.41. The Hall–Kier alpha value is -0.0400. The second-order valence-electron chi connectivity index (χ2n) is 4.69. The Morgan fingerprint density at radius 3 is 2.26 bits per heavy atom. The molecule has 4 nitrogen and oxygen atoms in total. The maximum absolute atomic E-state index is 4.23. The molecular formula is C14H33IN4. The maximum atomic E-state index is 4.23. The number of rotatable bonds is 9. The zero-order chi connectivity index (χ0) is 13.8. The second kappa shape index (κ2) is 14.4. The van der Waals surface area contributed by atoms with Crippen molar-refractivity contribution in [3.63, 3.8) is 0 Å². The minimum atomic E-state index is 0. The van der Waals surface area contributed by atoms with E-state index in [0.717, 1.165) is 32.0 Å². The molecule has 2 N–H and O–H groups in total. The molecule has 0 saturated carbocycles. The van der Waals surface area contributed by atoms with Crippen LogP contribution < -0.4 is 10.6 Å². The lowest BCUT2D eigenvalue weighted by atomic mass is 10.2. The molecule has 0 heterocycles. The molecule has 0 fully saturated rings. The minimum Gasteiger partial charge on any atom is -0.356 e. The summed E-state index contributed by atoms with van der Waals surface area (Å²) in [6.07, 6.45) is 3.55. The summed E-state index contributed by atoms with van der Waals surface area (Å²) in [6, 6.07) is 0.479. The standard InChI is InChI=1S/C14H32N4.HI/c1-6-13(4)17-14(15-5)16-11-9-10-12-18(7-2)8-3;/h13H,6-12H2,1-5H3,(H2,15,16,17);1H. The molecule has 0 aromatic rings. The van der Waals surface area contributed by atoms with Crippen LogP contribution >= 0.6 is 24.0 Å². The summed E-state index contributed by atoms with van der Waals surface area (Å²) in [4.78, 5) is 6.69. The molecule has 0 amide bonds. The van der Waals surface area contributed by atoms with Crippen LogP contribution in [-0.2, 0) is 0 Å². The van der Waals surface area contributed by atoms with Gasteiger partial charge in [-0.25, -0.2) is 0 Å². The topological polar surface area (TPSA) is 39.7 Å². The summed E-state index contributed by atoms with van der Waals surface area (Å²) >= 11 is 0. The molecule has 0 aliphatic carbocycles. The number of nitrogens with one attached hydrogen (secondary N) is 2. The Bertz CT molecular complexity index is 217. The van der Waals surface area contributed by atoms with Gasteiger partial charge in [-0.05, 0) is 45.8 Å². The summed E-state index contributed by atoms with van der Waals surface area (Å²) in [7, 11) is 1.83. The average molecular weight is 384 g/mol. The van der Waals surface area contributed by atoms with Crippen LogP contribution in [0.4, 0.5) is 0 Å². The Labute approximate surface area is 136 Å². The van der Waals surface area contributed by atoms with E-state index in [0.29, 0.717) is 6.04 Å². The van der Waals surface area contributed by atoms with Crippen molar-refractivity contribution in [2.45, 2.75) is 53.0 Å². The first kappa shape index (κ1) is 21.3. The van der Waals surface area contributed by atoms with Gasteiger partial charge >= 0.3 is 0 Å². The molecule has 0 spiro atoms. The summed E-state index contributed by atoms with van der Waals surface area (Å²) in [6.45, 7) is 13.3. The van der Waals surface area contributed by atoms with Gasteiger partial charge in [-0.1, -0.05) is 20.8 Å². The Morgan fingerprint density at radius 2 is 1.79 bits per heavy atom. The number of hydrogen-bond donors (Lipinski definition) is 2. The van der Waals surface area contributed by atoms with Gasteiger partial charge in [0.25, 0.3) is 0 Å².